The summed E-state index contributed by atoms with van der Waals surface area (Å²) in [5.74, 6) is -6.51. The molecule has 34 heavy (non-hydrogen) atoms. The Morgan fingerprint density at radius 1 is 1.15 bits per heavy atom. The third-order valence-corrected chi connectivity index (χ3v) is 7.45. The van der Waals surface area contributed by atoms with Crippen molar-refractivity contribution in [3.05, 3.63) is 64.1 Å². The number of likely N-dealkylation sites (N-methyl/N-ethyl adjacent to an activating group) is 1. The van der Waals surface area contributed by atoms with Crippen LogP contribution in [0.2, 0.25) is 0 Å². The summed E-state index contributed by atoms with van der Waals surface area (Å²) >= 11 is 0. The van der Waals surface area contributed by atoms with Gasteiger partial charge in [-0.2, -0.15) is 0 Å². The van der Waals surface area contributed by atoms with E-state index < -0.39 is 58.0 Å². The number of benzene rings is 2. The van der Waals surface area contributed by atoms with Gasteiger partial charge in [0.15, 0.2) is 11.4 Å². The third-order valence-electron chi connectivity index (χ3n) is 7.45. The fraction of sp³-hybridized carbons (Fsp3) is 0.320. The van der Waals surface area contributed by atoms with Crippen LogP contribution in [0.15, 0.2) is 53.0 Å². The quantitative estimate of drug-likeness (QED) is 0.415. The molecule has 2 aromatic rings. The molecule has 6 N–H and O–H groups in total. The number of phenolic OH excluding ortho intramolecular Hbond substituents is 1. The van der Waals surface area contributed by atoms with Crippen LogP contribution in [0.3, 0.4) is 0 Å². The highest BCUT2D eigenvalue weighted by atomic mass is 16.3. The molecule has 5 rings (SSSR count). The van der Waals surface area contributed by atoms with Gasteiger partial charge in [-0.05, 0) is 55.3 Å². The molecule has 1 amide bonds. The van der Waals surface area contributed by atoms with Gasteiger partial charge < -0.3 is 26.2 Å². The number of nitrogens with zero attached hydrogens (tertiary/aromatic N) is 1. The summed E-state index contributed by atoms with van der Waals surface area (Å²) in [6, 6.07) is 7.75. The minimum absolute atomic E-state index is 0.0134. The van der Waals surface area contributed by atoms with Gasteiger partial charge in [-0.15, -0.1) is 0 Å². The maximum absolute atomic E-state index is 13.6. The number of carbonyl (C=O) groups is 3. The highest BCUT2D eigenvalue weighted by Gasteiger charge is 2.63. The molecule has 0 heterocycles. The Balaban J connectivity index is 1.76. The summed E-state index contributed by atoms with van der Waals surface area (Å²) in [6.07, 6.45) is 0.333. The molecular weight excluding hydrogens is 440 g/mol. The number of aliphatic hydroxyl groups is 3. The second-order valence-corrected chi connectivity index (χ2v) is 9.43. The SMILES string of the molecule is CN(C)[C@@H]1C(O)=C(C(N)=O)C(=O)[C@@]2(O)C(O)=C3C(=O)c4c(O)cc5ccccc5c4C[C@H]3C[C@@H]12. The minimum Gasteiger partial charge on any atom is -0.510 e. The van der Waals surface area contributed by atoms with E-state index in [1.54, 1.807) is 14.1 Å². The van der Waals surface area contributed by atoms with E-state index in [4.69, 9.17) is 5.73 Å². The Bertz CT molecular complexity index is 1370. The predicted molar refractivity (Wildman–Crippen MR) is 121 cm³/mol. The minimum atomic E-state index is -2.63. The molecule has 0 unspecified atom stereocenters. The summed E-state index contributed by atoms with van der Waals surface area (Å²) in [5, 5.41) is 45.8. The number of aromatic hydroxyl groups is 1. The van der Waals surface area contributed by atoms with Crippen LogP contribution >= 0.6 is 0 Å². The van der Waals surface area contributed by atoms with E-state index in [2.05, 4.69) is 0 Å². The lowest BCUT2D eigenvalue weighted by molar-refractivity contribution is -0.148. The average molecular weight is 464 g/mol. The number of ketones is 2. The van der Waals surface area contributed by atoms with E-state index in [9.17, 15) is 34.8 Å². The van der Waals surface area contributed by atoms with Crippen LogP contribution in [0.5, 0.6) is 5.75 Å². The maximum atomic E-state index is 13.6. The predicted octanol–water partition coefficient (Wildman–Crippen LogP) is 1.27. The first-order valence-corrected chi connectivity index (χ1v) is 10.9. The van der Waals surface area contributed by atoms with Crippen molar-refractivity contribution in [2.75, 3.05) is 14.1 Å². The van der Waals surface area contributed by atoms with Gasteiger partial charge in [-0.3, -0.25) is 19.3 Å². The van der Waals surface area contributed by atoms with E-state index in [0.29, 0.717) is 5.56 Å². The number of nitrogens with two attached hydrogens (primary N) is 1. The monoisotopic (exact) mass is 464 g/mol. The topological polar surface area (TPSA) is 161 Å². The van der Waals surface area contributed by atoms with Crippen LogP contribution in [0.1, 0.15) is 22.3 Å². The molecule has 3 aliphatic rings. The van der Waals surface area contributed by atoms with Gasteiger partial charge in [0.05, 0.1) is 11.6 Å². The molecule has 9 nitrogen and oxygen atoms in total. The molecule has 0 saturated carbocycles. The van der Waals surface area contributed by atoms with Crippen LogP contribution < -0.4 is 5.73 Å². The fourth-order valence-electron chi connectivity index (χ4n) is 6.02. The van der Waals surface area contributed by atoms with E-state index in [0.717, 1.165) is 10.8 Å². The number of fused-ring (bicyclic) bond motifs is 5. The first-order valence-electron chi connectivity index (χ1n) is 10.9. The number of phenols is 1. The number of aliphatic hydroxyl groups excluding tert-OH is 2. The maximum Gasteiger partial charge on any atom is 0.255 e. The smallest absolute Gasteiger partial charge is 0.255 e. The third kappa shape index (κ3) is 2.65. The Labute approximate surface area is 194 Å². The number of hydrogen-bond donors (Lipinski definition) is 5. The molecule has 9 heteroatoms. The molecule has 2 aromatic carbocycles. The summed E-state index contributed by atoms with van der Waals surface area (Å²) in [7, 11) is 3.19. The molecule has 0 spiro atoms. The number of primary amides is 1. The highest BCUT2D eigenvalue weighted by Crippen LogP contribution is 2.52. The molecular formula is C25H24N2O7. The zero-order valence-electron chi connectivity index (χ0n) is 18.6. The van der Waals surface area contributed by atoms with Crippen LogP contribution in [0.4, 0.5) is 0 Å². The molecule has 4 atom stereocenters. The number of Topliss-reactive ketones (excluding diaryl/α,β-unsaturated/α-hetero) is 2. The fourth-order valence-corrected chi connectivity index (χ4v) is 6.02. The molecule has 0 saturated heterocycles. The van der Waals surface area contributed by atoms with Gasteiger partial charge in [0, 0.05) is 11.5 Å². The van der Waals surface area contributed by atoms with E-state index in [1.165, 1.54) is 11.0 Å². The number of hydrogen-bond acceptors (Lipinski definition) is 8. The number of allylic oxidation sites excluding steroid dienone is 1. The molecule has 3 aliphatic carbocycles. The Kier molecular flexibility index (Phi) is 4.65. The van der Waals surface area contributed by atoms with Crippen LogP contribution in [-0.4, -0.2) is 68.5 Å². The van der Waals surface area contributed by atoms with Crippen molar-refractivity contribution in [1.82, 2.24) is 4.90 Å². The Morgan fingerprint density at radius 3 is 2.47 bits per heavy atom. The van der Waals surface area contributed by atoms with Crippen LogP contribution in [0.25, 0.3) is 10.8 Å². The summed E-state index contributed by atoms with van der Waals surface area (Å²) in [5.41, 5.74) is 2.35. The van der Waals surface area contributed by atoms with E-state index in [-0.39, 0.29) is 29.7 Å². The second-order valence-electron chi connectivity index (χ2n) is 9.43. The molecule has 0 aromatic heterocycles. The first kappa shape index (κ1) is 22.1. The standard InChI is InChI=1S/C25H24N2O7/c1-27(2)19-14-8-11-7-13-12-6-4-3-5-10(12)9-15(28)17(13)20(29)16(11)22(31)25(14,34)23(32)18(21(19)30)24(26)33/h3-6,9,11,14,19,28,30-31,34H,7-8H2,1-2H3,(H2,26,33)/t11-,14-,19-,25-/m0/s1. The summed E-state index contributed by atoms with van der Waals surface area (Å²) < 4.78 is 0. The lowest BCUT2D eigenvalue weighted by Crippen LogP contribution is -2.63. The van der Waals surface area contributed by atoms with Gasteiger partial charge in [-0.1, -0.05) is 24.3 Å². The largest absolute Gasteiger partial charge is 0.510 e. The van der Waals surface area contributed by atoms with Crippen molar-refractivity contribution >= 4 is 28.2 Å². The van der Waals surface area contributed by atoms with Crippen molar-refractivity contribution < 1.29 is 34.8 Å². The van der Waals surface area contributed by atoms with Crippen molar-refractivity contribution in [3.8, 4) is 5.75 Å². The molecule has 0 radical (unpaired) electrons. The molecule has 0 aliphatic heterocycles. The summed E-state index contributed by atoms with van der Waals surface area (Å²) in [4.78, 5) is 40.3. The second kappa shape index (κ2) is 7.15. The van der Waals surface area contributed by atoms with Crippen molar-refractivity contribution in [2.45, 2.75) is 24.5 Å². The van der Waals surface area contributed by atoms with Gasteiger partial charge in [-0.25, -0.2) is 0 Å². The lowest BCUT2D eigenvalue weighted by Gasteiger charge is -2.50. The zero-order valence-corrected chi connectivity index (χ0v) is 18.6. The molecule has 176 valence electrons. The van der Waals surface area contributed by atoms with Crippen LogP contribution in [-0.2, 0) is 16.0 Å². The molecule has 0 fully saturated rings. The summed E-state index contributed by atoms with van der Waals surface area (Å²) in [6.45, 7) is 0. The lowest BCUT2D eigenvalue weighted by atomic mass is 9.58. The van der Waals surface area contributed by atoms with Crippen molar-refractivity contribution in [3.63, 3.8) is 0 Å². The Hall–Kier alpha value is -3.69. The normalized spacial score (nSPS) is 28.8. The van der Waals surface area contributed by atoms with Crippen molar-refractivity contribution in [2.24, 2.45) is 17.6 Å². The van der Waals surface area contributed by atoms with E-state index >= 15 is 0 Å². The van der Waals surface area contributed by atoms with E-state index in [1.807, 2.05) is 24.3 Å². The first-order chi connectivity index (χ1) is 16.0. The van der Waals surface area contributed by atoms with Crippen molar-refractivity contribution in [1.29, 1.82) is 0 Å². The number of rotatable bonds is 2. The number of carbonyl (C=O) groups excluding carboxylic acids is 3. The van der Waals surface area contributed by atoms with Gasteiger partial charge in [0.1, 0.15) is 22.8 Å². The van der Waals surface area contributed by atoms with Gasteiger partial charge >= 0.3 is 0 Å². The number of amides is 1. The highest BCUT2D eigenvalue weighted by molar-refractivity contribution is 6.25. The Morgan fingerprint density at radius 2 is 1.82 bits per heavy atom. The van der Waals surface area contributed by atoms with Gasteiger partial charge in [0.25, 0.3) is 5.91 Å². The van der Waals surface area contributed by atoms with Gasteiger partial charge in [0.2, 0.25) is 5.78 Å². The van der Waals surface area contributed by atoms with Crippen LogP contribution in [0, 0.1) is 11.8 Å². The molecule has 0 bridgehead atoms. The zero-order chi connectivity index (χ0) is 24.7. The average Bonchev–Trinajstić information content (AvgIpc) is 2.75.